The maximum Gasteiger partial charge on any atom is 0.193 e. The number of nitrogens with zero attached hydrogens (tertiary/aromatic N) is 3. The highest BCUT2D eigenvalue weighted by Gasteiger charge is 2.42. The molecule has 2 saturated heterocycles. The van der Waals surface area contributed by atoms with Gasteiger partial charge in [0.15, 0.2) is 5.96 Å². The van der Waals surface area contributed by atoms with Gasteiger partial charge in [-0.15, -0.1) is 24.0 Å². The predicted octanol–water partition coefficient (Wildman–Crippen LogP) is 2.27. The van der Waals surface area contributed by atoms with Crippen LogP contribution in [0.15, 0.2) is 4.99 Å². The number of halogens is 1. The van der Waals surface area contributed by atoms with Crippen molar-refractivity contribution in [2.75, 3.05) is 54.0 Å². The third-order valence-electron chi connectivity index (χ3n) is 5.10. The van der Waals surface area contributed by atoms with Crippen molar-refractivity contribution in [3.63, 3.8) is 0 Å². The first-order valence-corrected chi connectivity index (χ1v) is 8.65. The molecule has 0 aromatic heterocycles. The fraction of sp³-hybridized carbons (Fsp3) is 0.941. The van der Waals surface area contributed by atoms with Crippen LogP contribution in [-0.2, 0) is 4.74 Å². The molecule has 23 heavy (non-hydrogen) atoms. The van der Waals surface area contributed by atoms with Gasteiger partial charge in [-0.05, 0) is 39.3 Å². The van der Waals surface area contributed by atoms with Gasteiger partial charge in [0, 0.05) is 44.7 Å². The SMILES string of the molecule is CN=C(NCC(CC(C)C)N(C)C)N1CCC2(CCOC2)C1.I. The third-order valence-corrected chi connectivity index (χ3v) is 5.10. The second kappa shape index (κ2) is 9.42. The lowest BCUT2D eigenvalue weighted by Crippen LogP contribution is -2.47. The van der Waals surface area contributed by atoms with Gasteiger partial charge in [0.25, 0.3) is 0 Å². The molecule has 136 valence electrons. The van der Waals surface area contributed by atoms with Gasteiger partial charge < -0.3 is 19.9 Å². The van der Waals surface area contributed by atoms with Crippen LogP contribution in [0.5, 0.6) is 0 Å². The van der Waals surface area contributed by atoms with Gasteiger partial charge in [0.05, 0.1) is 6.61 Å². The molecule has 1 N–H and O–H groups in total. The Morgan fingerprint density at radius 3 is 2.61 bits per heavy atom. The Morgan fingerprint density at radius 2 is 2.09 bits per heavy atom. The van der Waals surface area contributed by atoms with Crippen molar-refractivity contribution in [2.45, 2.75) is 39.2 Å². The van der Waals surface area contributed by atoms with Crippen LogP contribution < -0.4 is 5.32 Å². The maximum absolute atomic E-state index is 5.62. The molecule has 2 fully saturated rings. The van der Waals surface area contributed by atoms with Gasteiger partial charge in [0.2, 0.25) is 0 Å². The Balaban J connectivity index is 0.00000264. The Hall–Kier alpha value is -0.0800. The Labute approximate surface area is 159 Å². The Bertz CT molecular complexity index is 381. The smallest absolute Gasteiger partial charge is 0.193 e. The van der Waals surface area contributed by atoms with Crippen molar-refractivity contribution in [2.24, 2.45) is 16.3 Å². The molecule has 0 aromatic carbocycles. The van der Waals surface area contributed by atoms with Gasteiger partial charge in [-0.3, -0.25) is 4.99 Å². The summed E-state index contributed by atoms with van der Waals surface area (Å²) in [7, 11) is 6.22. The standard InChI is InChI=1S/C17H34N4O.HI/c1-14(2)10-15(20(4)5)11-19-16(18-3)21-8-6-17(12-21)7-9-22-13-17;/h14-15H,6-13H2,1-5H3,(H,18,19);1H. The zero-order valence-corrected chi connectivity index (χ0v) is 17.8. The third kappa shape index (κ3) is 5.74. The minimum Gasteiger partial charge on any atom is -0.381 e. The molecule has 6 heteroatoms. The zero-order chi connectivity index (χ0) is 16.2. The summed E-state index contributed by atoms with van der Waals surface area (Å²) in [5.74, 6) is 1.77. The van der Waals surface area contributed by atoms with Crippen molar-refractivity contribution >= 4 is 29.9 Å². The normalized spacial score (nSPS) is 26.2. The minimum atomic E-state index is 0. The van der Waals surface area contributed by atoms with Crippen molar-refractivity contribution in [3.05, 3.63) is 0 Å². The van der Waals surface area contributed by atoms with Gasteiger partial charge in [-0.2, -0.15) is 0 Å². The molecule has 0 amide bonds. The summed E-state index contributed by atoms with van der Waals surface area (Å²) >= 11 is 0. The summed E-state index contributed by atoms with van der Waals surface area (Å²) in [6, 6.07) is 0.545. The van der Waals surface area contributed by atoms with Gasteiger partial charge in [0.1, 0.15) is 0 Å². The van der Waals surface area contributed by atoms with Crippen molar-refractivity contribution in [3.8, 4) is 0 Å². The Morgan fingerprint density at radius 1 is 1.35 bits per heavy atom. The lowest BCUT2D eigenvalue weighted by Gasteiger charge is -2.29. The van der Waals surface area contributed by atoms with Crippen molar-refractivity contribution in [1.29, 1.82) is 0 Å². The quantitative estimate of drug-likeness (QED) is 0.406. The number of ether oxygens (including phenoxy) is 1. The maximum atomic E-state index is 5.62. The number of hydrogen-bond donors (Lipinski definition) is 1. The van der Waals surface area contributed by atoms with E-state index in [2.05, 4.69) is 48.1 Å². The van der Waals surface area contributed by atoms with Crippen LogP contribution in [-0.4, -0.2) is 75.8 Å². The molecule has 2 rings (SSSR count). The molecule has 2 aliphatic rings. The van der Waals surface area contributed by atoms with Crippen LogP contribution in [0.1, 0.15) is 33.1 Å². The Kier molecular flexibility index (Phi) is 8.58. The summed E-state index contributed by atoms with van der Waals surface area (Å²) in [6.07, 6.45) is 3.64. The van der Waals surface area contributed by atoms with Crippen molar-refractivity contribution < 1.29 is 4.74 Å². The number of hydrogen-bond acceptors (Lipinski definition) is 3. The molecule has 2 heterocycles. The zero-order valence-electron chi connectivity index (χ0n) is 15.5. The number of likely N-dealkylation sites (N-methyl/N-ethyl adjacent to an activating group) is 1. The first-order valence-electron chi connectivity index (χ1n) is 8.65. The fourth-order valence-corrected chi connectivity index (χ4v) is 3.65. The molecule has 2 atom stereocenters. The highest BCUT2D eigenvalue weighted by molar-refractivity contribution is 14.0. The van der Waals surface area contributed by atoms with Gasteiger partial charge in [-0.25, -0.2) is 0 Å². The van der Waals surface area contributed by atoms with E-state index in [0.29, 0.717) is 17.4 Å². The van der Waals surface area contributed by atoms with E-state index in [0.717, 1.165) is 38.8 Å². The molecule has 1 spiro atoms. The number of rotatable bonds is 5. The summed E-state index contributed by atoms with van der Waals surface area (Å²) in [6.45, 7) is 9.57. The molecule has 2 aliphatic heterocycles. The average molecular weight is 438 g/mol. The van der Waals surface area contributed by atoms with E-state index in [9.17, 15) is 0 Å². The second-order valence-corrected chi connectivity index (χ2v) is 7.65. The van der Waals surface area contributed by atoms with E-state index in [4.69, 9.17) is 4.74 Å². The monoisotopic (exact) mass is 438 g/mol. The van der Waals surface area contributed by atoms with Crippen LogP contribution in [0.3, 0.4) is 0 Å². The highest BCUT2D eigenvalue weighted by atomic mass is 127. The van der Waals surface area contributed by atoms with E-state index in [1.165, 1.54) is 19.3 Å². The van der Waals surface area contributed by atoms with E-state index in [-0.39, 0.29) is 24.0 Å². The van der Waals surface area contributed by atoms with Gasteiger partial charge >= 0.3 is 0 Å². The van der Waals surface area contributed by atoms with Gasteiger partial charge in [-0.1, -0.05) is 13.8 Å². The molecular formula is C17H35IN4O. The molecule has 0 aromatic rings. The average Bonchev–Trinajstić information content (AvgIpc) is 3.09. The molecule has 0 aliphatic carbocycles. The molecule has 0 bridgehead atoms. The number of nitrogens with one attached hydrogen (secondary N) is 1. The topological polar surface area (TPSA) is 40.1 Å². The summed E-state index contributed by atoms with van der Waals surface area (Å²) in [4.78, 5) is 9.24. The summed E-state index contributed by atoms with van der Waals surface area (Å²) < 4.78 is 5.62. The molecule has 0 saturated carbocycles. The second-order valence-electron chi connectivity index (χ2n) is 7.65. The van der Waals surface area contributed by atoms with Crippen LogP contribution >= 0.6 is 24.0 Å². The highest BCUT2D eigenvalue weighted by Crippen LogP contribution is 2.38. The number of aliphatic imine (C=N–C) groups is 1. The minimum absolute atomic E-state index is 0. The fourth-order valence-electron chi connectivity index (χ4n) is 3.65. The van der Waals surface area contributed by atoms with Crippen molar-refractivity contribution in [1.82, 2.24) is 15.1 Å². The first kappa shape index (κ1) is 21.0. The molecule has 5 nitrogen and oxygen atoms in total. The molecular weight excluding hydrogens is 403 g/mol. The molecule has 0 radical (unpaired) electrons. The summed E-state index contributed by atoms with van der Waals surface area (Å²) in [5, 5.41) is 3.60. The van der Waals surface area contributed by atoms with E-state index in [1.54, 1.807) is 0 Å². The van der Waals surface area contributed by atoms with E-state index >= 15 is 0 Å². The van der Waals surface area contributed by atoms with Crippen LogP contribution in [0, 0.1) is 11.3 Å². The first-order chi connectivity index (χ1) is 10.5. The molecule has 2 unspecified atom stereocenters. The number of likely N-dealkylation sites (tertiary alicyclic amines) is 1. The van der Waals surface area contributed by atoms with E-state index in [1.807, 2.05) is 7.05 Å². The van der Waals surface area contributed by atoms with Crippen LogP contribution in [0.25, 0.3) is 0 Å². The lowest BCUT2D eigenvalue weighted by molar-refractivity contribution is 0.156. The largest absolute Gasteiger partial charge is 0.381 e. The predicted molar refractivity (Wildman–Crippen MR) is 108 cm³/mol. The van der Waals surface area contributed by atoms with E-state index < -0.39 is 0 Å². The number of guanidine groups is 1. The lowest BCUT2D eigenvalue weighted by atomic mass is 9.87. The van der Waals surface area contributed by atoms with Crippen LogP contribution in [0.2, 0.25) is 0 Å². The summed E-state index contributed by atoms with van der Waals surface area (Å²) in [5.41, 5.74) is 0.385. The van der Waals surface area contributed by atoms with Crippen LogP contribution in [0.4, 0.5) is 0 Å².